The molecule has 0 radical (unpaired) electrons. The maximum atomic E-state index is 12.6. The van der Waals surface area contributed by atoms with Crippen molar-refractivity contribution in [2.24, 2.45) is 0 Å². The van der Waals surface area contributed by atoms with E-state index in [1.165, 1.54) is 5.56 Å². The second-order valence-corrected chi connectivity index (χ2v) is 6.67. The Labute approximate surface area is 139 Å². The van der Waals surface area contributed by atoms with Gasteiger partial charge in [0.2, 0.25) is 0 Å². The highest BCUT2D eigenvalue weighted by molar-refractivity contribution is 5.94. The van der Waals surface area contributed by atoms with Crippen molar-refractivity contribution in [2.45, 2.75) is 13.0 Å². The Morgan fingerprint density at radius 1 is 1.00 bits per heavy atom. The minimum atomic E-state index is 0.167. The lowest BCUT2D eigenvalue weighted by atomic mass is 10.1. The molecule has 1 aromatic carbocycles. The first-order chi connectivity index (χ1) is 11.2. The summed E-state index contributed by atoms with van der Waals surface area (Å²) in [4.78, 5) is 19.4. The molecule has 0 spiro atoms. The third-order valence-corrected chi connectivity index (χ3v) is 4.83. The van der Waals surface area contributed by atoms with Crippen molar-refractivity contribution in [2.75, 3.05) is 59.4 Å². The van der Waals surface area contributed by atoms with Crippen LogP contribution in [0.1, 0.15) is 22.3 Å². The number of benzene rings is 1. The molecule has 1 aromatic rings. The molecule has 5 heteroatoms. The number of likely N-dealkylation sites (N-methyl/N-ethyl adjacent to an activating group) is 1. The summed E-state index contributed by atoms with van der Waals surface area (Å²) in [6, 6.07) is 8.21. The van der Waals surface area contributed by atoms with Gasteiger partial charge in [0.1, 0.15) is 0 Å². The lowest BCUT2D eigenvalue weighted by Gasteiger charge is -2.32. The third kappa shape index (κ3) is 4.53. The van der Waals surface area contributed by atoms with Crippen molar-refractivity contribution < 1.29 is 4.79 Å². The Kier molecular flexibility index (Phi) is 5.65. The van der Waals surface area contributed by atoms with Crippen LogP contribution < -0.4 is 5.32 Å². The van der Waals surface area contributed by atoms with Crippen molar-refractivity contribution >= 4 is 5.91 Å². The zero-order valence-electron chi connectivity index (χ0n) is 14.1. The summed E-state index contributed by atoms with van der Waals surface area (Å²) in [5.74, 6) is 0.167. The Morgan fingerprint density at radius 3 is 2.48 bits per heavy atom. The fourth-order valence-corrected chi connectivity index (χ4v) is 3.25. The number of rotatable bonds is 3. The predicted octanol–water partition coefficient (Wildman–Crippen LogP) is 0.870. The Hall–Kier alpha value is -1.43. The molecule has 126 valence electrons. The molecule has 2 fully saturated rings. The second-order valence-electron chi connectivity index (χ2n) is 6.67. The number of hydrogen-bond acceptors (Lipinski definition) is 4. The van der Waals surface area contributed by atoms with Crippen LogP contribution in [-0.4, -0.2) is 80.0 Å². The molecule has 23 heavy (non-hydrogen) atoms. The van der Waals surface area contributed by atoms with Crippen LogP contribution in [0.25, 0.3) is 0 Å². The van der Waals surface area contributed by atoms with E-state index >= 15 is 0 Å². The van der Waals surface area contributed by atoms with E-state index in [-0.39, 0.29) is 5.91 Å². The van der Waals surface area contributed by atoms with E-state index < -0.39 is 0 Å². The zero-order valence-corrected chi connectivity index (χ0v) is 14.1. The van der Waals surface area contributed by atoms with E-state index in [1.807, 2.05) is 17.0 Å². The van der Waals surface area contributed by atoms with Crippen molar-refractivity contribution in [1.82, 2.24) is 20.0 Å². The number of piperazine rings is 1. The van der Waals surface area contributed by atoms with Gasteiger partial charge in [-0.2, -0.15) is 0 Å². The lowest BCUT2D eigenvalue weighted by molar-refractivity contribution is 0.0766. The summed E-state index contributed by atoms with van der Waals surface area (Å²) in [5, 5.41) is 3.34. The smallest absolute Gasteiger partial charge is 0.253 e. The first-order valence-electron chi connectivity index (χ1n) is 8.72. The van der Waals surface area contributed by atoms with Gasteiger partial charge in [-0.15, -0.1) is 0 Å². The molecule has 0 bridgehead atoms. The van der Waals surface area contributed by atoms with Crippen molar-refractivity contribution in [3.05, 3.63) is 35.4 Å². The van der Waals surface area contributed by atoms with Gasteiger partial charge in [0.05, 0.1) is 0 Å². The second kappa shape index (κ2) is 7.90. The monoisotopic (exact) mass is 316 g/mol. The molecular weight excluding hydrogens is 288 g/mol. The number of carbonyl (C=O) groups excluding carboxylic acids is 1. The highest BCUT2D eigenvalue weighted by Gasteiger charge is 2.17. The van der Waals surface area contributed by atoms with E-state index in [0.717, 1.165) is 70.9 Å². The van der Waals surface area contributed by atoms with Gasteiger partial charge < -0.3 is 15.1 Å². The van der Waals surface area contributed by atoms with Crippen LogP contribution in [-0.2, 0) is 6.54 Å². The van der Waals surface area contributed by atoms with Gasteiger partial charge in [-0.05, 0) is 37.7 Å². The quantitative estimate of drug-likeness (QED) is 0.898. The zero-order chi connectivity index (χ0) is 16.1. The molecule has 2 saturated heterocycles. The van der Waals surface area contributed by atoms with Crippen LogP contribution in [0.5, 0.6) is 0 Å². The average molecular weight is 316 g/mol. The number of amides is 1. The largest absolute Gasteiger partial charge is 0.337 e. The fourth-order valence-electron chi connectivity index (χ4n) is 3.25. The molecule has 3 rings (SSSR count). The highest BCUT2D eigenvalue weighted by atomic mass is 16.2. The van der Waals surface area contributed by atoms with Crippen molar-refractivity contribution in [3.63, 3.8) is 0 Å². The van der Waals surface area contributed by atoms with Crippen LogP contribution >= 0.6 is 0 Å². The topological polar surface area (TPSA) is 38.8 Å². The fraction of sp³-hybridized carbons (Fsp3) is 0.611. The molecule has 2 heterocycles. The number of carbonyl (C=O) groups is 1. The molecule has 0 unspecified atom stereocenters. The van der Waals surface area contributed by atoms with Crippen LogP contribution in [0, 0.1) is 0 Å². The number of hydrogen-bond donors (Lipinski definition) is 1. The minimum absolute atomic E-state index is 0.167. The summed E-state index contributed by atoms with van der Waals surface area (Å²) in [5.41, 5.74) is 2.11. The molecule has 2 aliphatic heterocycles. The van der Waals surface area contributed by atoms with Crippen LogP contribution in [0.4, 0.5) is 0 Å². The van der Waals surface area contributed by atoms with Gasteiger partial charge in [0.25, 0.3) is 5.91 Å². The highest BCUT2D eigenvalue weighted by Crippen LogP contribution is 2.12. The summed E-state index contributed by atoms with van der Waals surface area (Å²) in [6.45, 7) is 9.07. The van der Waals surface area contributed by atoms with E-state index in [4.69, 9.17) is 0 Å². The Bertz CT molecular complexity index is 500. The van der Waals surface area contributed by atoms with Crippen molar-refractivity contribution in [3.8, 4) is 0 Å². The molecule has 1 N–H and O–H groups in total. The molecule has 0 aromatic heterocycles. The molecule has 1 amide bonds. The van der Waals surface area contributed by atoms with Gasteiger partial charge in [-0.1, -0.05) is 12.1 Å². The molecule has 0 aliphatic carbocycles. The minimum Gasteiger partial charge on any atom is -0.337 e. The summed E-state index contributed by atoms with van der Waals surface area (Å²) < 4.78 is 0. The lowest BCUT2D eigenvalue weighted by Crippen LogP contribution is -2.43. The SMILES string of the molecule is CN1CCN(Cc2ccc(C(=O)N3CCCNCC3)cc2)CC1. The van der Waals surface area contributed by atoms with Gasteiger partial charge in [-0.3, -0.25) is 9.69 Å². The number of nitrogens with one attached hydrogen (secondary N) is 1. The summed E-state index contributed by atoms with van der Waals surface area (Å²) >= 11 is 0. The van der Waals surface area contributed by atoms with Crippen molar-refractivity contribution in [1.29, 1.82) is 0 Å². The predicted molar refractivity (Wildman–Crippen MR) is 92.6 cm³/mol. The average Bonchev–Trinajstić information content (AvgIpc) is 2.86. The normalized spacial score (nSPS) is 21.2. The van der Waals surface area contributed by atoms with Gasteiger partial charge in [0, 0.05) is 57.9 Å². The van der Waals surface area contributed by atoms with Gasteiger partial charge in [0.15, 0.2) is 0 Å². The van der Waals surface area contributed by atoms with Crippen LogP contribution in [0.3, 0.4) is 0 Å². The Balaban J connectivity index is 1.56. The molecule has 5 nitrogen and oxygen atoms in total. The van der Waals surface area contributed by atoms with E-state index in [1.54, 1.807) is 0 Å². The van der Waals surface area contributed by atoms with Crippen LogP contribution in [0.15, 0.2) is 24.3 Å². The standard InChI is InChI=1S/C18H28N4O/c1-20-11-13-21(14-12-20)15-16-3-5-17(6-4-16)18(23)22-9-2-7-19-8-10-22/h3-6,19H,2,7-15H2,1H3. The molecule has 0 saturated carbocycles. The van der Waals surface area contributed by atoms with Gasteiger partial charge >= 0.3 is 0 Å². The van der Waals surface area contributed by atoms with Crippen LogP contribution in [0.2, 0.25) is 0 Å². The Morgan fingerprint density at radius 2 is 1.74 bits per heavy atom. The third-order valence-electron chi connectivity index (χ3n) is 4.83. The molecular formula is C18H28N4O. The van der Waals surface area contributed by atoms with E-state index in [2.05, 4.69) is 34.3 Å². The maximum absolute atomic E-state index is 12.6. The first-order valence-corrected chi connectivity index (χ1v) is 8.72. The van der Waals surface area contributed by atoms with E-state index in [9.17, 15) is 4.79 Å². The number of nitrogens with zero attached hydrogens (tertiary/aromatic N) is 3. The van der Waals surface area contributed by atoms with Gasteiger partial charge in [-0.25, -0.2) is 0 Å². The first kappa shape index (κ1) is 16.4. The maximum Gasteiger partial charge on any atom is 0.253 e. The van der Waals surface area contributed by atoms with E-state index in [0.29, 0.717) is 0 Å². The molecule has 2 aliphatic rings. The summed E-state index contributed by atoms with van der Waals surface area (Å²) in [7, 11) is 2.18. The molecule has 0 atom stereocenters. The summed E-state index contributed by atoms with van der Waals surface area (Å²) in [6.07, 6.45) is 1.03.